The van der Waals surface area contributed by atoms with Crippen molar-refractivity contribution >= 4 is 16.4 Å². The third kappa shape index (κ3) is 17.8. The number of unbranched alkanes of at least 4 members (excludes halogenated alkanes) is 6. The molecular weight excluding hydrogens is 424 g/mol. The van der Waals surface area contributed by atoms with E-state index in [0.29, 0.717) is 19.6 Å². The molecule has 0 aromatic carbocycles. The Balaban J connectivity index is 0.000000615. The molecule has 0 saturated carbocycles. The third-order valence-electron chi connectivity index (χ3n) is 4.57. The lowest BCUT2D eigenvalue weighted by molar-refractivity contribution is -0.683. The Bertz CT molecular complexity index is 690. The number of esters is 1. The van der Waals surface area contributed by atoms with E-state index >= 15 is 0 Å². The van der Waals surface area contributed by atoms with Gasteiger partial charge in [0.1, 0.15) is 19.2 Å². The van der Waals surface area contributed by atoms with E-state index in [1.807, 2.05) is 24.7 Å². The Morgan fingerprint density at radius 1 is 1.00 bits per heavy atom. The second kappa shape index (κ2) is 18.1. The van der Waals surface area contributed by atoms with Crippen LogP contribution in [-0.4, -0.2) is 50.4 Å². The van der Waals surface area contributed by atoms with Gasteiger partial charge in [-0.15, -0.1) is 0 Å². The van der Waals surface area contributed by atoms with E-state index < -0.39 is 10.4 Å². The van der Waals surface area contributed by atoms with Crippen molar-refractivity contribution in [3.63, 3.8) is 0 Å². The first-order valence-corrected chi connectivity index (χ1v) is 12.4. The Morgan fingerprint density at radius 2 is 1.65 bits per heavy atom. The van der Waals surface area contributed by atoms with Crippen LogP contribution < -0.4 is 4.57 Å². The number of aromatic amines is 1. The number of aryl methyl sites for hydroxylation is 1. The highest BCUT2D eigenvalue weighted by molar-refractivity contribution is 7.80. The molecule has 1 aromatic heterocycles. The molecule has 0 aliphatic heterocycles. The zero-order valence-electron chi connectivity index (χ0n) is 19.5. The molecule has 0 fully saturated rings. The summed E-state index contributed by atoms with van der Waals surface area (Å²) in [4.78, 5) is 14.6. The van der Waals surface area contributed by atoms with Gasteiger partial charge >= 0.3 is 5.97 Å². The third-order valence-corrected chi connectivity index (χ3v) is 5.02. The number of hydrogen-bond acceptors (Lipinski definition) is 7. The summed E-state index contributed by atoms with van der Waals surface area (Å²) in [5.41, 5.74) is 0.921. The first-order valence-electron chi connectivity index (χ1n) is 11.1. The van der Waals surface area contributed by atoms with E-state index in [-0.39, 0.29) is 19.0 Å². The van der Waals surface area contributed by atoms with Crippen LogP contribution in [0.25, 0.3) is 0 Å². The van der Waals surface area contributed by atoms with Crippen LogP contribution in [0.3, 0.4) is 0 Å². The maximum Gasteiger partial charge on any atom is 0.314 e. The number of carbonyl (C=O) groups excluding carboxylic acids is 1. The zero-order valence-corrected chi connectivity index (χ0v) is 20.3. The molecule has 1 N–H and O–H groups in total. The lowest BCUT2D eigenvalue weighted by Gasteiger charge is -2.06. The Hall–Kier alpha value is -1.49. The van der Waals surface area contributed by atoms with Gasteiger partial charge in [0.25, 0.3) is 5.82 Å². The highest BCUT2D eigenvalue weighted by Gasteiger charge is 2.14. The standard InChI is InChI=1S/C13H22N2O3.C8H18O4S/c1-4-5-6-17-7-8-18-13(16)9-12-10-14-11(2)15(12)3;1-2-3-4-5-6-7-8-12-13(9,10)11/h10H,4-9H2,1-3H3;2-8H2,1H3,(H,9,10,11). The summed E-state index contributed by atoms with van der Waals surface area (Å²) in [7, 11) is -2.55. The predicted molar refractivity (Wildman–Crippen MR) is 116 cm³/mol. The van der Waals surface area contributed by atoms with Crippen molar-refractivity contribution in [1.82, 2.24) is 4.98 Å². The average Bonchev–Trinajstić information content (AvgIpc) is 3.02. The number of hydrogen-bond donors (Lipinski definition) is 1. The molecule has 0 bridgehead atoms. The number of aromatic nitrogens is 2. The molecular formula is C21H40N2O7S. The number of nitrogens with one attached hydrogen (secondary N) is 1. The topological polar surface area (TPSA) is 122 Å². The molecule has 0 unspecified atom stereocenters. The molecule has 1 rings (SSSR count). The van der Waals surface area contributed by atoms with Gasteiger partial charge in [-0.2, -0.15) is 0 Å². The van der Waals surface area contributed by atoms with E-state index in [9.17, 15) is 17.8 Å². The van der Waals surface area contributed by atoms with Gasteiger partial charge in [-0.05, 0) is 12.8 Å². The van der Waals surface area contributed by atoms with Crippen molar-refractivity contribution in [1.29, 1.82) is 0 Å². The summed E-state index contributed by atoms with van der Waals surface area (Å²) in [5.74, 6) is 0.796. The normalized spacial score (nSPS) is 11.1. The van der Waals surface area contributed by atoms with Gasteiger partial charge in [0, 0.05) is 13.5 Å². The number of H-pyrrole nitrogens is 1. The second-order valence-corrected chi connectivity index (χ2v) is 8.34. The van der Waals surface area contributed by atoms with Crippen molar-refractivity contribution in [2.45, 2.75) is 78.6 Å². The summed E-state index contributed by atoms with van der Waals surface area (Å²) in [6.07, 6.45) is 10.5. The van der Waals surface area contributed by atoms with Crippen LogP contribution in [0.2, 0.25) is 0 Å². The van der Waals surface area contributed by atoms with Crippen LogP contribution in [0.5, 0.6) is 0 Å². The Kier molecular flexibility index (Phi) is 17.2. The van der Waals surface area contributed by atoms with Crippen LogP contribution in [0.4, 0.5) is 0 Å². The molecule has 0 aliphatic carbocycles. The maximum atomic E-state index is 11.6. The summed E-state index contributed by atoms with van der Waals surface area (Å²) < 4.78 is 46.4. The van der Waals surface area contributed by atoms with E-state index in [1.165, 1.54) is 19.3 Å². The maximum absolute atomic E-state index is 11.6. The van der Waals surface area contributed by atoms with Crippen molar-refractivity contribution in [3.05, 3.63) is 17.7 Å². The van der Waals surface area contributed by atoms with Gasteiger partial charge < -0.3 is 14.0 Å². The van der Waals surface area contributed by atoms with Crippen molar-refractivity contribution < 1.29 is 36.0 Å². The lowest BCUT2D eigenvalue weighted by atomic mass is 10.1. The quantitative estimate of drug-likeness (QED) is 0.131. The van der Waals surface area contributed by atoms with Crippen molar-refractivity contribution in [2.24, 2.45) is 7.05 Å². The summed E-state index contributed by atoms with van der Waals surface area (Å²) >= 11 is 0. The molecule has 1 aromatic rings. The summed E-state index contributed by atoms with van der Waals surface area (Å²) in [6.45, 7) is 7.77. The average molecular weight is 465 g/mol. The fourth-order valence-corrected chi connectivity index (χ4v) is 2.89. The van der Waals surface area contributed by atoms with E-state index in [1.54, 1.807) is 0 Å². The van der Waals surface area contributed by atoms with Gasteiger partial charge in [0.15, 0.2) is 5.69 Å². The van der Waals surface area contributed by atoms with Gasteiger partial charge in [0.05, 0.1) is 20.3 Å². The molecule has 0 aliphatic rings. The molecule has 1 heterocycles. The molecule has 10 heteroatoms. The van der Waals surface area contributed by atoms with E-state index in [4.69, 9.17) is 9.47 Å². The fourth-order valence-electron chi connectivity index (χ4n) is 2.57. The monoisotopic (exact) mass is 464 g/mol. The zero-order chi connectivity index (χ0) is 23.5. The molecule has 0 amide bonds. The highest BCUT2D eigenvalue weighted by Crippen LogP contribution is 2.05. The SMILES string of the molecule is CCCCCCCCOS(=O)(=O)[O-].CCCCOCCOC(=O)Cc1c[nH]c(C)[n+]1C. The first kappa shape index (κ1) is 29.5. The first-order chi connectivity index (χ1) is 14.7. The smallest absolute Gasteiger partial charge is 0.314 e. The molecule has 0 radical (unpaired) electrons. The largest absolute Gasteiger partial charge is 0.726 e. The minimum absolute atomic E-state index is 0.0258. The molecule has 0 atom stereocenters. The molecule has 9 nitrogen and oxygen atoms in total. The minimum Gasteiger partial charge on any atom is -0.726 e. The van der Waals surface area contributed by atoms with Crippen molar-refractivity contribution in [3.8, 4) is 0 Å². The Morgan fingerprint density at radius 3 is 2.23 bits per heavy atom. The predicted octanol–water partition coefficient (Wildman–Crippen LogP) is 2.87. The van der Waals surface area contributed by atoms with Gasteiger partial charge in [-0.25, -0.2) is 18.0 Å². The summed E-state index contributed by atoms with van der Waals surface area (Å²) in [5, 5.41) is 0. The van der Waals surface area contributed by atoms with Crippen LogP contribution in [0.15, 0.2) is 6.20 Å². The minimum atomic E-state index is -4.47. The number of ether oxygens (including phenoxy) is 2. The number of rotatable bonds is 16. The molecule has 0 saturated heterocycles. The number of imidazole rings is 1. The molecule has 31 heavy (non-hydrogen) atoms. The fraction of sp³-hybridized carbons (Fsp3) is 0.810. The highest BCUT2D eigenvalue weighted by atomic mass is 32.3. The lowest BCUT2D eigenvalue weighted by Crippen LogP contribution is -2.35. The van der Waals surface area contributed by atoms with Gasteiger partial charge in [0.2, 0.25) is 10.4 Å². The van der Waals surface area contributed by atoms with Crippen LogP contribution in [0, 0.1) is 6.92 Å². The van der Waals surface area contributed by atoms with Crippen LogP contribution in [-0.2, 0) is 42.3 Å². The number of nitrogens with zero attached hydrogens (tertiary/aromatic N) is 1. The van der Waals surface area contributed by atoms with Gasteiger partial charge in [-0.3, -0.25) is 8.98 Å². The second-order valence-electron chi connectivity index (χ2n) is 7.29. The molecule has 0 spiro atoms. The molecule has 182 valence electrons. The summed E-state index contributed by atoms with van der Waals surface area (Å²) in [6, 6.07) is 0. The number of carbonyl (C=O) groups is 1. The van der Waals surface area contributed by atoms with Crippen LogP contribution in [0.1, 0.15) is 76.7 Å². The Labute approximate surface area is 187 Å². The van der Waals surface area contributed by atoms with E-state index in [0.717, 1.165) is 43.8 Å². The van der Waals surface area contributed by atoms with E-state index in [2.05, 4.69) is 23.0 Å². The van der Waals surface area contributed by atoms with Crippen molar-refractivity contribution in [2.75, 3.05) is 26.4 Å². The van der Waals surface area contributed by atoms with Crippen LogP contribution >= 0.6 is 0 Å². The van der Waals surface area contributed by atoms with Gasteiger partial charge in [-0.1, -0.05) is 52.4 Å².